The Balaban J connectivity index is 0.890. The molecule has 1 saturated heterocycles. The van der Waals surface area contributed by atoms with Gasteiger partial charge in [0.1, 0.15) is 23.0 Å². The average Bonchev–Trinajstić information content (AvgIpc) is 3.91. The second kappa shape index (κ2) is 16.0. The van der Waals surface area contributed by atoms with Crippen LogP contribution < -0.4 is 4.90 Å². The fraction of sp³-hybridized carbons (Fsp3) is 0.392. The lowest BCUT2D eigenvalue weighted by atomic mass is 9.79. The Hall–Kier alpha value is -5.83. The first-order chi connectivity index (χ1) is 29.3. The fourth-order valence-electron chi connectivity index (χ4n) is 10.4. The number of fused-ring (bicyclic) bond motifs is 7. The predicted octanol–water partition coefficient (Wildman–Crippen LogP) is 10.1. The molecule has 0 spiro atoms. The van der Waals surface area contributed by atoms with Crippen LogP contribution in [-0.2, 0) is 25.7 Å². The van der Waals surface area contributed by atoms with E-state index in [0.717, 1.165) is 116 Å². The Morgan fingerprint density at radius 1 is 0.800 bits per heavy atom. The summed E-state index contributed by atoms with van der Waals surface area (Å²) < 4.78 is 2.27. The molecule has 0 N–H and O–H groups in total. The normalized spacial score (nSPS) is 20.7. The number of rotatable bonds is 9. The molecule has 2 aliphatic carbocycles. The third-order valence-electron chi connectivity index (χ3n) is 13.6. The summed E-state index contributed by atoms with van der Waals surface area (Å²) >= 11 is 0. The maximum absolute atomic E-state index is 5.47. The summed E-state index contributed by atoms with van der Waals surface area (Å²) in [5, 5.41) is 0. The molecular formula is C51H55N9. The molecule has 60 heavy (non-hydrogen) atoms. The topological polar surface area (TPSA) is 97.9 Å². The Morgan fingerprint density at radius 3 is 2.47 bits per heavy atom. The second-order valence-corrected chi connectivity index (χ2v) is 17.3. The lowest BCUT2D eigenvalue weighted by molar-refractivity contribution is 0.549. The van der Waals surface area contributed by atoms with Gasteiger partial charge in [0.05, 0.1) is 45.9 Å². The van der Waals surface area contributed by atoms with Gasteiger partial charge in [0, 0.05) is 66.5 Å². The smallest absolute Gasteiger partial charge is 0.129 e. The van der Waals surface area contributed by atoms with Gasteiger partial charge in [-0.3, -0.25) is 4.99 Å². The van der Waals surface area contributed by atoms with Crippen LogP contribution in [0.25, 0.3) is 22.8 Å². The largest absolute Gasteiger partial charge is 0.369 e. The van der Waals surface area contributed by atoms with Gasteiger partial charge in [0.25, 0.3) is 0 Å². The van der Waals surface area contributed by atoms with Crippen molar-refractivity contribution in [2.75, 3.05) is 18.0 Å². The van der Waals surface area contributed by atoms with Gasteiger partial charge in [-0.15, -0.1) is 0 Å². The first-order valence-corrected chi connectivity index (χ1v) is 22.3. The second-order valence-electron chi connectivity index (χ2n) is 17.3. The molecule has 9 nitrogen and oxygen atoms in total. The van der Waals surface area contributed by atoms with Crippen LogP contribution >= 0.6 is 0 Å². The lowest BCUT2D eigenvalue weighted by Gasteiger charge is -2.24. The molecule has 1 aromatic carbocycles. The van der Waals surface area contributed by atoms with Gasteiger partial charge >= 0.3 is 0 Å². The van der Waals surface area contributed by atoms with Crippen LogP contribution in [0.4, 0.5) is 5.69 Å². The van der Waals surface area contributed by atoms with E-state index in [1.165, 1.54) is 63.5 Å². The van der Waals surface area contributed by atoms with Crippen molar-refractivity contribution >= 4 is 34.2 Å². The van der Waals surface area contributed by atoms with Crippen LogP contribution in [0.5, 0.6) is 0 Å². The van der Waals surface area contributed by atoms with E-state index in [9.17, 15) is 0 Å². The number of aryl methyl sites for hydroxylation is 6. The van der Waals surface area contributed by atoms with E-state index in [-0.39, 0.29) is 5.92 Å². The summed E-state index contributed by atoms with van der Waals surface area (Å²) in [4.78, 5) is 38.2. The Bertz CT molecular complexity index is 2680. The van der Waals surface area contributed by atoms with E-state index in [0.29, 0.717) is 11.8 Å². The zero-order valence-electron chi connectivity index (χ0n) is 35.7. The molecule has 0 saturated carbocycles. The summed E-state index contributed by atoms with van der Waals surface area (Å²) in [7, 11) is 0. The Kier molecular flexibility index (Phi) is 10.2. The number of benzene rings is 1. The first-order valence-electron chi connectivity index (χ1n) is 22.3. The third-order valence-corrected chi connectivity index (χ3v) is 13.6. The van der Waals surface area contributed by atoms with Crippen molar-refractivity contribution in [3.8, 4) is 0 Å². The van der Waals surface area contributed by atoms with Gasteiger partial charge in [0.2, 0.25) is 0 Å². The summed E-state index contributed by atoms with van der Waals surface area (Å²) in [6, 6.07) is 11.0. The van der Waals surface area contributed by atoms with Crippen LogP contribution in [0.3, 0.4) is 0 Å². The number of nitrogens with zero attached hydrogens (tertiary/aromatic N) is 9. The summed E-state index contributed by atoms with van der Waals surface area (Å²) in [5.41, 5.74) is 17.1. The molecule has 304 valence electrons. The highest BCUT2D eigenvalue weighted by molar-refractivity contribution is 6.10. The summed E-state index contributed by atoms with van der Waals surface area (Å²) in [6.45, 7) is 13.2. The van der Waals surface area contributed by atoms with Crippen LogP contribution in [0, 0.1) is 32.6 Å². The molecule has 3 aliphatic heterocycles. The van der Waals surface area contributed by atoms with Crippen LogP contribution in [0.15, 0.2) is 89.2 Å². The van der Waals surface area contributed by atoms with E-state index in [2.05, 4.69) is 117 Å². The molecule has 0 radical (unpaired) electrons. The molecule has 10 rings (SSSR count). The van der Waals surface area contributed by atoms with E-state index >= 15 is 0 Å². The Labute approximate surface area is 354 Å². The highest BCUT2D eigenvalue weighted by atomic mass is 15.2. The number of pyridine rings is 1. The molecule has 3 atom stereocenters. The summed E-state index contributed by atoms with van der Waals surface area (Å²) in [6.07, 6.45) is 27.3. The van der Waals surface area contributed by atoms with Gasteiger partial charge in [0.15, 0.2) is 0 Å². The molecule has 7 heterocycles. The molecule has 5 aliphatic rings. The highest BCUT2D eigenvalue weighted by Crippen LogP contribution is 2.41. The van der Waals surface area contributed by atoms with Gasteiger partial charge in [-0.25, -0.2) is 29.9 Å². The van der Waals surface area contributed by atoms with Gasteiger partial charge in [-0.2, -0.15) is 0 Å². The van der Waals surface area contributed by atoms with Crippen molar-refractivity contribution < 1.29 is 0 Å². The van der Waals surface area contributed by atoms with Crippen LogP contribution in [0.2, 0.25) is 0 Å². The Morgan fingerprint density at radius 2 is 1.63 bits per heavy atom. The fourth-order valence-corrected chi connectivity index (χ4v) is 10.4. The first kappa shape index (κ1) is 38.4. The minimum atomic E-state index is 0.290. The minimum absolute atomic E-state index is 0.290. The van der Waals surface area contributed by atoms with E-state index in [4.69, 9.17) is 34.9 Å². The minimum Gasteiger partial charge on any atom is -0.369 e. The highest BCUT2D eigenvalue weighted by Gasteiger charge is 2.33. The van der Waals surface area contributed by atoms with E-state index < -0.39 is 0 Å². The van der Waals surface area contributed by atoms with Crippen molar-refractivity contribution in [1.82, 2.24) is 34.5 Å². The van der Waals surface area contributed by atoms with Crippen molar-refractivity contribution in [2.24, 2.45) is 16.8 Å². The van der Waals surface area contributed by atoms with Gasteiger partial charge < -0.3 is 9.47 Å². The monoisotopic (exact) mass is 793 g/mol. The molecule has 0 bridgehead atoms. The molecule has 1 fully saturated rings. The van der Waals surface area contributed by atoms with Crippen molar-refractivity contribution in [3.63, 3.8) is 0 Å². The number of anilines is 1. The molecule has 3 unspecified atom stereocenters. The number of allylic oxidation sites excluding steroid dienone is 8. The maximum Gasteiger partial charge on any atom is 0.129 e. The number of aliphatic imine (C=N–C) groups is 1. The van der Waals surface area contributed by atoms with Gasteiger partial charge in [-0.05, 0) is 114 Å². The molecule has 4 aromatic heterocycles. The van der Waals surface area contributed by atoms with Crippen molar-refractivity contribution in [1.29, 1.82) is 0 Å². The standard InChI is InChI=1S/C51H55N9/c1-6-35-15-12-19-40-48(35)39(18-13-17-37-31(2)41(57-49(37)40)22-25-47-53-32(3)50(33(4)54-47)59-27-10-11-28-59)43-20-21-44-45(55-43)30-52-46(56-44)24-23-42-34(5)60-29-26-36-14-8-7-9-16-38(36)51(60)58-42/h7-9,12,15-16,18-21,26,29-30,36-38H,6,10-11,13-14,17,22-25,27-28H2,1-5H3. The van der Waals surface area contributed by atoms with E-state index in [1.807, 2.05) is 6.20 Å². The average molecular weight is 794 g/mol. The third kappa shape index (κ3) is 6.95. The summed E-state index contributed by atoms with van der Waals surface area (Å²) in [5.74, 6) is 3.92. The van der Waals surface area contributed by atoms with Crippen molar-refractivity contribution in [3.05, 3.63) is 147 Å². The lowest BCUT2D eigenvalue weighted by Crippen LogP contribution is -2.21. The molecule has 0 amide bonds. The van der Waals surface area contributed by atoms with Gasteiger partial charge in [-0.1, -0.05) is 61.6 Å². The van der Waals surface area contributed by atoms with Crippen LogP contribution in [0.1, 0.15) is 121 Å². The zero-order valence-corrected chi connectivity index (χ0v) is 35.7. The molecular weight excluding hydrogens is 739 g/mol. The zero-order chi connectivity index (χ0) is 40.9. The molecule has 9 heteroatoms. The molecule has 5 aromatic rings. The van der Waals surface area contributed by atoms with Crippen molar-refractivity contribution in [2.45, 2.75) is 105 Å². The SMILES string of the molecule is CCc1cccc2c1C(c1ccc3nc(CCc4nc5n(c4C)C=CC4CC=CC=CC54)ncc3n1)=CCCC1C2=NC(CCc2nc(C)c(N3CCCC3)c(C)n2)=C1C. The quantitative estimate of drug-likeness (QED) is 0.147. The number of hydrogen-bond acceptors (Lipinski definition) is 8. The number of aromatic nitrogens is 7. The van der Waals surface area contributed by atoms with E-state index in [1.54, 1.807) is 0 Å². The number of imidazole rings is 1. The predicted molar refractivity (Wildman–Crippen MR) is 242 cm³/mol. The number of hydrogen-bond donors (Lipinski definition) is 0. The maximum atomic E-state index is 5.47. The van der Waals surface area contributed by atoms with Crippen LogP contribution in [-0.4, -0.2) is 53.3 Å².